The van der Waals surface area contributed by atoms with Crippen LogP contribution < -0.4 is 0 Å². The van der Waals surface area contributed by atoms with Crippen LogP contribution in [0.1, 0.15) is 49.9 Å². The minimum atomic E-state index is 0.595. The molecule has 0 spiro atoms. The fraction of sp³-hybridized carbons (Fsp3) is 0.462. The van der Waals surface area contributed by atoms with Gasteiger partial charge in [0.2, 0.25) is 0 Å². The van der Waals surface area contributed by atoms with E-state index in [-0.39, 0.29) is 0 Å². The molecule has 1 aliphatic carbocycles. The molecule has 2 aromatic rings. The third kappa shape index (κ3) is 1.34. The van der Waals surface area contributed by atoms with Gasteiger partial charge in [0, 0.05) is 17.8 Å². The Bertz CT molecular complexity index is 544. The molecular formula is C13H15BrN2. The fourth-order valence-corrected chi connectivity index (χ4v) is 3.13. The van der Waals surface area contributed by atoms with Crippen LogP contribution in [0.2, 0.25) is 0 Å². The maximum Gasteiger partial charge on any atom is 0.151 e. The number of halogens is 1. The van der Waals surface area contributed by atoms with E-state index < -0.39 is 0 Å². The normalized spacial score (nSPS) is 24.7. The van der Waals surface area contributed by atoms with Crippen LogP contribution >= 0.6 is 15.9 Å². The van der Waals surface area contributed by atoms with E-state index in [4.69, 9.17) is 4.98 Å². The number of fused-ring (bicyclic) bond motifs is 3. The topological polar surface area (TPSA) is 17.3 Å². The summed E-state index contributed by atoms with van der Waals surface area (Å²) in [6.45, 7) is 4.59. The molecule has 0 bridgehead atoms. The Morgan fingerprint density at radius 3 is 2.88 bits per heavy atom. The lowest BCUT2D eigenvalue weighted by Crippen LogP contribution is -2.11. The first-order valence-corrected chi connectivity index (χ1v) is 6.64. The Balaban J connectivity index is 2.37. The van der Waals surface area contributed by atoms with Gasteiger partial charge >= 0.3 is 0 Å². The van der Waals surface area contributed by atoms with Gasteiger partial charge in [-0.3, -0.25) is 0 Å². The molecule has 0 aromatic carbocycles. The van der Waals surface area contributed by atoms with Gasteiger partial charge in [0.15, 0.2) is 5.65 Å². The summed E-state index contributed by atoms with van der Waals surface area (Å²) in [5, 5.41) is 0. The lowest BCUT2D eigenvalue weighted by Gasteiger charge is -2.23. The molecule has 0 aliphatic heterocycles. The zero-order chi connectivity index (χ0) is 11.3. The summed E-state index contributed by atoms with van der Waals surface area (Å²) in [5.41, 5.74) is 3.77. The zero-order valence-electron chi connectivity index (χ0n) is 9.57. The minimum Gasteiger partial charge on any atom is -0.303 e. The third-order valence-corrected chi connectivity index (χ3v) is 4.25. The number of aromatic nitrogens is 2. The molecule has 0 saturated heterocycles. The van der Waals surface area contributed by atoms with Crippen molar-refractivity contribution < 1.29 is 0 Å². The Hall–Kier alpha value is -0.830. The molecule has 84 valence electrons. The lowest BCUT2D eigenvalue weighted by atomic mass is 9.85. The highest BCUT2D eigenvalue weighted by atomic mass is 79.9. The molecule has 0 amide bonds. The second-order valence-corrected chi connectivity index (χ2v) is 5.67. The summed E-state index contributed by atoms with van der Waals surface area (Å²) >= 11 is 3.58. The van der Waals surface area contributed by atoms with Crippen LogP contribution in [-0.2, 0) is 0 Å². The van der Waals surface area contributed by atoms with Gasteiger partial charge in [-0.05, 0) is 46.8 Å². The molecular weight excluding hydrogens is 264 g/mol. The Morgan fingerprint density at radius 1 is 1.31 bits per heavy atom. The molecule has 2 unspecified atom stereocenters. The molecule has 16 heavy (non-hydrogen) atoms. The number of hydrogen-bond donors (Lipinski definition) is 0. The first-order valence-electron chi connectivity index (χ1n) is 5.85. The molecule has 0 saturated carbocycles. The second-order valence-electron chi connectivity index (χ2n) is 4.81. The van der Waals surface area contributed by atoms with Crippen LogP contribution in [-0.4, -0.2) is 9.38 Å². The highest BCUT2D eigenvalue weighted by Crippen LogP contribution is 2.39. The largest absolute Gasteiger partial charge is 0.303 e. The van der Waals surface area contributed by atoms with Gasteiger partial charge in [0.25, 0.3) is 0 Å². The number of rotatable bonds is 0. The molecule has 3 rings (SSSR count). The van der Waals surface area contributed by atoms with E-state index in [2.05, 4.69) is 52.5 Å². The minimum absolute atomic E-state index is 0.595. The molecule has 2 nitrogen and oxygen atoms in total. The molecule has 0 N–H and O–H groups in total. The predicted octanol–water partition coefficient (Wildman–Crippen LogP) is 4.10. The molecule has 2 heterocycles. The van der Waals surface area contributed by atoms with Crippen molar-refractivity contribution in [3.8, 4) is 0 Å². The number of imidazole rings is 1. The van der Waals surface area contributed by atoms with Crippen molar-refractivity contribution >= 4 is 21.6 Å². The van der Waals surface area contributed by atoms with E-state index in [1.54, 1.807) is 0 Å². The smallest absolute Gasteiger partial charge is 0.151 e. The molecule has 0 radical (unpaired) electrons. The molecule has 2 atom stereocenters. The van der Waals surface area contributed by atoms with Crippen LogP contribution in [0.4, 0.5) is 0 Å². The van der Waals surface area contributed by atoms with Gasteiger partial charge < -0.3 is 4.40 Å². The maximum absolute atomic E-state index is 4.80. The van der Waals surface area contributed by atoms with Crippen LogP contribution in [0.5, 0.6) is 0 Å². The number of nitrogens with zero attached hydrogens (tertiary/aromatic N) is 2. The monoisotopic (exact) mass is 278 g/mol. The summed E-state index contributed by atoms with van der Waals surface area (Å²) in [6.07, 6.45) is 4.66. The summed E-state index contributed by atoms with van der Waals surface area (Å²) in [7, 11) is 0. The molecule has 2 aromatic heterocycles. The zero-order valence-corrected chi connectivity index (χ0v) is 11.2. The average Bonchev–Trinajstić information content (AvgIpc) is 2.66. The fourth-order valence-electron chi connectivity index (χ4n) is 2.70. The van der Waals surface area contributed by atoms with E-state index in [0.717, 1.165) is 10.1 Å². The van der Waals surface area contributed by atoms with Crippen molar-refractivity contribution in [1.29, 1.82) is 0 Å². The number of hydrogen-bond acceptors (Lipinski definition) is 1. The first kappa shape index (κ1) is 10.3. The summed E-state index contributed by atoms with van der Waals surface area (Å²) in [5.74, 6) is 1.22. The maximum atomic E-state index is 4.80. The quantitative estimate of drug-likeness (QED) is 0.709. The molecule has 0 fully saturated rings. The van der Waals surface area contributed by atoms with E-state index in [1.165, 1.54) is 24.2 Å². The van der Waals surface area contributed by atoms with Crippen LogP contribution in [0, 0.1) is 0 Å². The van der Waals surface area contributed by atoms with Crippen LogP contribution in [0.3, 0.4) is 0 Å². The van der Waals surface area contributed by atoms with Crippen molar-refractivity contribution in [2.24, 2.45) is 0 Å². The van der Waals surface area contributed by atoms with E-state index in [0.29, 0.717) is 11.8 Å². The highest BCUT2D eigenvalue weighted by molar-refractivity contribution is 9.10. The first-order chi connectivity index (χ1) is 7.68. The van der Waals surface area contributed by atoms with Crippen molar-refractivity contribution in [2.75, 3.05) is 0 Å². The summed E-state index contributed by atoms with van der Waals surface area (Å²) < 4.78 is 3.34. The van der Waals surface area contributed by atoms with Gasteiger partial charge in [0.1, 0.15) is 0 Å². The van der Waals surface area contributed by atoms with Crippen molar-refractivity contribution in [1.82, 2.24) is 9.38 Å². The Kier molecular flexibility index (Phi) is 2.32. The van der Waals surface area contributed by atoms with Crippen LogP contribution in [0.25, 0.3) is 5.65 Å². The highest BCUT2D eigenvalue weighted by Gasteiger charge is 2.27. The van der Waals surface area contributed by atoms with E-state index >= 15 is 0 Å². The number of pyridine rings is 1. The van der Waals surface area contributed by atoms with Crippen molar-refractivity contribution in [2.45, 2.75) is 38.5 Å². The molecule has 1 aliphatic rings. The Labute approximate surface area is 104 Å². The summed E-state index contributed by atoms with van der Waals surface area (Å²) in [6, 6.07) is 4.13. The van der Waals surface area contributed by atoms with E-state index in [1.807, 2.05) is 0 Å². The summed E-state index contributed by atoms with van der Waals surface area (Å²) in [4.78, 5) is 4.80. The van der Waals surface area contributed by atoms with Crippen molar-refractivity contribution in [3.05, 3.63) is 34.2 Å². The van der Waals surface area contributed by atoms with Gasteiger partial charge in [-0.15, -0.1) is 0 Å². The van der Waals surface area contributed by atoms with E-state index in [9.17, 15) is 0 Å². The SMILES string of the molecule is CC1CCC(C)c2c1nc1c(Br)cccn21. The second kappa shape index (κ2) is 3.59. The van der Waals surface area contributed by atoms with Crippen molar-refractivity contribution in [3.63, 3.8) is 0 Å². The predicted molar refractivity (Wildman–Crippen MR) is 69.0 cm³/mol. The standard InChI is InChI=1S/C13H15BrN2/c1-8-5-6-9(2)12-11(8)15-13-10(14)4-3-7-16(12)13/h3-4,7-9H,5-6H2,1-2H3. The van der Waals surface area contributed by atoms with Gasteiger partial charge in [-0.1, -0.05) is 13.8 Å². The lowest BCUT2D eigenvalue weighted by molar-refractivity contribution is 0.508. The van der Waals surface area contributed by atoms with Gasteiger partial charge in [-0.25, -0.2) is 4.98 Å². The Morgan fingerprint density at radius 2 is 2.06 bits per heavy atom. The molecule has 3 heteroatoms. The van der Waals surface area contributed by atoms with Gasteiger partial charge in [0.05, 0.1) is 10.2 Å². The van der Waals surface area contributed by atoms with Gasteiger partial charge in [-0.2, -0.15) is 0 Å². The third-order valence-electron chi connectivity index (χ3n) is 3.63. The average molecular weight is 279 g/mol. The van der Waals surface area contributed by atoms with Crippen LogP contribution in [0.15, 0.2) is 22.8 Å².